The molecule has 2 aromatic rings. The van der Waals surface area contributed by atoms with E-state index in [0.29, 0.717) is 11.3 Å². The largest absolute Gasteiger partial charge is 0.235 e. The molecular formula is C11H6ClN3. The van der Waals surface area contributed by atoms with Crippen LogP contribution in [0.3, 0.4) is 0 Å². The Hall–Kier alpha value is -1.92. The maximum atomic E-state index is 8.95. The normalized spacial score (nSPS) is 9.60. The summed E-state index contributed by atoms with van der Waals surface area (Å²) in [5.41, 5.74) is 1.74. The van der Waals surface area contributed by atoms with Crippen molar-refractivity contribution in [3.8, 4) is 17.3 Å². The van der Waals surface area contributed by atoms with E-state index in [1.165, 1.54) is 6.33 Å². The zero-order chi connectivity index (χ0) is 10.7. The number of rotatable bonds is 1. The van der Waals surface area contributed by atoms with Gasteiger partial charge in [0.1, 0.15) is 18.0 Å². The van der Waals surface area contributed by atoms with Crippen LogP contribution in [0.15, 0.2) is 36.7 Å². The fourth-order valence-corrected chi connectivity index (χ4v) is 1.45. The minimum absolute atomic E-state index is 0.186. The Labute approximate surface area is 92.0 Å². The molecule has 0 atom stereocenters. The summed E-state index contributed by atoms with van der Waals surface area (Å²) >= 11 is 5.81. The molecule has 0 N–H and O–H groups in total. The average molecular weight is 216 g/mol. The van der Waals surface area contributed by atoms with Gasteiger partial charge in [0.05, 0.1) is 5.69 Å². The predicted molar refractivity (Wildman–Crippen MR) is 57.2 cm³/mol. The second-order valence-electron chi connectivity index (χ2n) is 2.87. The van der Waals surface area contributed by atoms with Gasteiger partial charge in [-0.25, -0.2) is 9.97 Å². The maximum absolute atomic E-state index is 8.95. The van der Waals surface area contributed by atoms with Gasteiger partial charge in [0.15, 0.2) is 5.15 Å². The van der Waals surface area contributed by atoms with Crippen LogP contribution in [-0.2, 0) is 0 Å². The molecule has 3 nitrogen and oxygen atoms in total. The molecule has 4 heteroatoms. The molecule has 0 radical (unpaired) electrons. The highest BCUT2D eigenvalue weighted by atomic mass is 35.5. The van der Waals surface area contributed by atoms with Crippen LogP contribution < -0.4 is 0 Å². The monoisotopic (exact) mass is 215 g/mol. The molecule has 0 saturated carbocycles. The lowest BCUT2D eigenvalue weighted by Gasteiger charge is -2.02. The van der Waals surface area contributed by atoms with Gasteiger partial charge < -0.3 is 0 Å². The molecule has 0 spiro atoms. The summed E-state index contributed by atoms with van der Waals surface area (Å²) in [6, 6.07) is 11.4. The molecule has 0 aliphatic heterocycles. The number of nitrogens with zero attached hydrogens (tertiary/aromatic N) is 3. The molecule has 15 heavy (non-hydrogen) atoms. The molecule has 0 bridgehead atoms. The minimum Gasteiger partial charge on any atom is -0.235 e. The standard InChI is InChI=1S/C11H6ClN3/c12-11-9(6-13)10(14-7-15-11)8-4-2-1-3-5-8/h1-5,7H. The van der Waals surface area contributed by atoms with Crippen molar-refractivity contribution in [2.24, 2.45) is 0 Å². The van der Waals surface area contributed by atoms with Crippen LogP contribution in [0.5, 0.6) is 0 Å². The SMILES string of the molecule is N#Cc1c(Cl)ncnc1-c1ccccc1. The lowest BCUT2D eigenvalue weighted by atomic mass is 10.1. The smallest absolute Gasteiger partial charge is 0.150 e. The molecule has 1 heterocycles. The maximum Gasteiger partial charge on any atom is 0.150 e. The molecular weight excluding hydrogens is 210 g/mol. The second kappa shape index (κ2) is 4.07. The third-order valence-electron chi connectivity index (χ3n) is 1.96. The number of benzene rings is 1. The zero-order valence-electron chi connectivity index (χ0n) is 7.68. The van der Waals surface area contributed by atoms with Crippen molar-refractivity contribution >= 4 is 11.6 Å². The van der Waals surface area contributed by atoms with Gasteiger partial charge in [-0.2, -0.15) is 5.26 Å². The Kier molecular flexibility index (Phi) is 2.61. The molecule has 72 valence electrons. The van der Waals surface area contributed by atoms with Crippen LogP contribution in [-0.4, -0.2) is 9.97 Å². The molecule has 0 amide bonds. The summed E-state index contributed by atoms with van der Waals surface area (Å²) in [5, 5.41) is 9.13. The third kappa shape index (κ3) is 1.80. The van der Waals surface area contributed by atoms with Gasteiger partial charge in [0.2, 0.25) is 0 Å². The lowest BCUT2D eigenvalue weighted by Crippen LogP contribution is -1.92. The Morgan fingerprint density at radius 1 is 1.13 bits per heavy atom. The summed E-state index contributed by atoms with van der Waals surface area (Å²) in [6.45, 7) is 0. The van der Waals surface area contributed by atoms with Crippen molar-refractivity contribution in [1.82, 2.24) is 9.97 Å². The van der Waals surface area contributed by atoms with Crippen LogP contribution in [0.1, 0.15) is 5.56 Å². The molecule has 0 unspecified atom stereocenters. The Balaban J connectivity index is 2.65. The van der Waals surface area contributed by atoms with Crippen LogP contribution >= 0.6 is 11.6 Å². The van der Waals surface area contributed by atoms with E-state index >= 15 is 0 Å². The topological polar surface area (TPSA) is 49.6 Å². The highest BCUT2D eigenvalue weighted by Crippen LogP contribution is 2.23. The number of aromatic nitrogens is 2. The van der Waals surface area contributed by atoms with Crippen LogP contribution in [0.2, 0.25) is 5.15 Å². The average Bonchev–Trinajstić information content (AvgIpc) is 2.30. The van der Waals surface area contributed by atoms with Crippen LogP contribution in [0, 0.1) is 11.3 Å². The van der Waals surface area contributed by atoms with E-state index in [2.05, 4.69) is 9.97 Å². The van der Waals surface area contributed by atoms with Crippen molar-refractivity contribution in [3.63, 3.8) is 0 Å². The molecule has 2 rings (SSSR count). The van der Waals surface area contributed by atoms with E-state index in [9.17, 15) is 0 Å². The highest BCUT2D eigenvalue weighted by Gasteiger charge is 2.10. The first kappa shape index (κ1) is 9.63. The van der Waals surface area contributed by atoms with Crippen molar-refractivity contribution in [1.29, 1.82) is 5.26 Å². The molecule has 0 aliphatic rings. The first-order valence-corrected chi connectivity index (χ1v) is 4.66. The van der Waals surface area contributed by atoms with Crippen molar-refractivity contribution < 1.29 is 0 Å². The van der Waals surface area contributed by atoms with Gasteiger partial charge in [0.25, 0.3) is 0 Å². The summed E-state index contributed by atoms with van der Waals surface area (Å²) in [5.74, 6) is 0. The summed E-state index contributed by atoms with van der Waals surface area (Å²) in [7, 11) is 0. The summed E-state index contributed by atoms with van der Waals surface area (Å²) in [6.07, 6.45) is 1.35. The quantitative estimate of drug-likeness (QED) is 0.688. The molecule has 0 aliphatic carbocycles. The predicted octanol–water partition coefficient (Wildman–Crippen LogP) is 2.67. The van der Waals surface area contributed by atoms with Gasteiger partial charge in [-0.15, -0.1) is 0 Å². The van der Waals surface area contributed by atoms with Crippen molar-refractivity contribution in [2.75, 3.05) is 0 Å². The van der Waals surface area contributed by atoms with E-state index in [1.54, 1.807) is 0 Å². The van der Waals surface area contributed by atoms with Gasteiger partial charge in [-0.05, 0) is 0 Å². The highest BCUT2D eigenvalue weighted by molar-refractivity contribution is 6.30. The van der Waals surface area contributed by atoms with Crippen molar-refractivity contribution in [3.05, 3.63) is 47.4 Å². The van der Waals surface area contributed by atoms with Gasteiger partial charge in [0, 0.05) is 5.56 Å². The number of hydrogen-bond donors (Lipinski definition) is 0. The Morgan fingerprint density at radius 2 is 1.87 bits per heavy atom. The molecule has 1 aromatic carbocycles. The van der Waals surface area contributed by atoms with Gasteiger partial charge in [-0.1, -0.05) is 41.9 Å². The first-order valence-electron chi connectivity index (χ1n) is 4.29. The van der Waals surface area contributed by atoms with Gasteiger partial charge >= 0.3 is 0 Å². The first-order chi connectivity index (χ1) is 7.33. The number of hydrogen-bond acceptors (Lipinski definition) is 3. The molecule has 1 aromatic heterocycles. The Morgan fingerprint density at radius 3 is 2.53 bits per heavy atom. The van der Waals surface area contributed by atoms with Crippen LogP contribution in [0.4, 0.5) is 0 Å². The molecule has 0 saturated heterocycles. The lowest BCUT2D eigenvalue weighted by molar-refractivity contribution is 1.16. The van der Waals surface area contributed by atoms with Gasteiger partial charge in [-0.3, -0.25) is 0 Å². The van der Waals surface area contributed by atoms with E-state index in [4.69, 9.17) is 16.9 Å². The minimum atomic E-state index is 0.186. The third-order valence-corrected chi connectivity index (χ3v) is 2.25. The Bertz CT molecular complexity index is 517. The van der Waals surface area contributed by atoms with E-state index in [0.717, 1.165) is 5.56 Å². The van der Waals surface area contributed by atoms with E-state index in [-0.39, 0.29) is 5.15 Å². The van der Waals surface area contributed by atoms with E-state index < -0.39 is 0 Å². The fourth-order valence-electron chi connectivity index (χ4n) is 1.28. The molecule has 0 fully saturated rings. The van der Waals surface area contributed by atoms with Crippen LogP contribution in [0.25, 0.3) is 11.3 Å². The zero-order valence-corrected chi connectivity index (χ0v) is 8.44. The summed E-state index contributed by atoms with van der Waals surface area (Å²) in [4.78, 5) is 7.83. The van der Waals surface area contributed by atoms with E-state index in [1.807, 2.05) is 36.4 Å². The number of halogens is 1. The second-order valence-corrected chi connectivity index (χ2v) is 3.22. The fraction of sp³-hybridized carbons (Fsp3) is 0. The summed E-state index contributed by atoms with van der Waals surface area (Å²) < 4.78 is 0. The number of nitriles is 1. The van der Waals surface area contributed by atoms with Crippen molar-refractivity contribution in [2.45, 2.75) is 0 Å².